The summed E-state index contributed by atoms with van der Waals surface area (Å²) in [6.07, 6.45) is 8.33. The van der Waals surface area contributed by atoms with Gasteiger partial charge in [-0.3, -0.25) is 14.6 Å². The molecule has 6 nitrogen and oxygen atoms in total. The zero-order valence-corrected chi connectivity index (χ0v) is 19.1. The van der Waals surface area contributed by atoms with E-state index in [0.29, 0.717) is 19.5 Å². The molecule has 0 radical (unpaired) electrons. The molecular weight excluding hydrogens is 402 g/mol. The molecule has 3 heterocycles. The third-order valence-electron chi connectivity index (χ3n) is 7.04. The Kier molecular flexibility index (Phi) is 5.49. The summed E-state index contributed by atoms with van der Waals surface area (Å²) >= 11 is 0. The number of aromatic nitrogens is 1. The maximum atomic E-state index is 13.3. The minimum absolute atomic E-state index is 0.118. The Hall–Kier alpha value is -2.73. The lowest BCUT2D eigenvalue weighted by Gasteiger charge is -2.42. The van der Waals surface area contributed by atoms with Crippen LogP contribution in [0.1, 0.15) is 55.7 Å². The van der Waals surface area contributed by atoms with Crippen molar-refractivity contribution in [1.29, 1.82) is 0 Å². The highest BCUT2D eigenvalue weighted by Crippen LogP contribution is 2.40. The number of benzene rings is 1. The number of carbonyl (C=O) groups is 2. The van der Waals surface area contributed by atoms with E-state index in [-0.39, 0.29) is 29.9 Å². The van der Waals surface area contributed by atoms with Crippen LogP contribution in [0.25, 0.3) is 11.1 Å². The summed E-state index contributed by atoms with van der Waals surface area (Å²) in [5, 5.41) is 0. The maximum absolute atomic E-state index is 13.3. The van der Waals surface area contributed by atoms with Crippen molar-refractivity contribution < 1.29 is 14.3 Å². The molecule has 5 rings (SSSR count). The number of hydrogen-bond acceptors (Lipinski definition) is 4. The van der Waals surface area contributed by atoms with Crippen molar-refractivity contribution in [3.8, 4) is 11.1 Å². The molecule has 1 aliphatic carbocycles. The second-order valence-electron chi connectivity index (χ2n) is 9.55. The smallest absolute Gasteiger partial charge is 0.230 e. The molecular formula is C26H31N3O3. The fourth-order valence-electron chi connectivity index (χ4n) is 5.36. The number of hydrogen-bond donors (Lipinski definition) is 0. The van der Waals surface area contributed by atoms with Crippen LogP contribution in [0, 0.1) is 0 Å². The fraction of sp³-hybridized carbons (Fsp3) is 0.500. The molecule has 32 heavy (non-hydrogen) atoms. The van der Waals surface area contributed by atoms with Gasteiger partial charge in [-0.25, -0.2) is 0 Å². The van der Waals surface area contributed by atoms with Gasteiger partial charge in [-0.1, -0.05) is 6.07 Å². The highest BCUT2D eigenvalue weighted by Gasteiger charge is 2.38. The normalized spacial score (nSPS) is 20.8. The Labute approximate surface area is 189 Å². The molecule has 168 valence electrons. The van der Waals surface area contributed by atoms with Crippen LogP contribution >= 0.6 is 0 Å². The average Bonchev–Trinajstić information content (AvgIpc) is 2.77. The van der Waals surface area contributed by atoms with Crippen molar-refractivity contribution in [2.45, 2.75) is 64.1 Å². The number of ether oxygens (including phenoxy) is 1. The minimum Gasteiger partial charge on any atom is -0.372 e. The molecule has 2 aromatic rings. The number of likely N-dealkylation sites (tertiary alicyclic amines) is 1. The summed E-state index contributed by atoms with van der Waals surface area (Å²) in [6, 6.07) is 6.33. The summed E-state index contributed by atoms with van der Waals surface area (Å²) < 4.78 is 5.83. The molecule has 1 aromatic heterocycles. The molecule has 0 N–H and O–H groups in total. The number of rotatable bonds is 4. The van der Waals surface area contributed by atoms with Crippen LogP contribution in [0.5, 0.6) is 0 Å². The van der Waals surface area contributed by atoms with Gasteiger partial charge in [0.15, 0.2) is 0 Å². The van der Waals surface area contributed by atoms with Crippen molar-refractivity contribution in [2.75, 3.05) is 25.0 Å². The molecule has 1 atom stereocenters. The topological polar surface area (TPSA) is 62.7 Å². The molecule has 3 aliphatic rings. The quantitative estimate of drug-likeness (QED) is 0.737. The van der Waals surface area contributed by atoms with Gasteiger partial charge in [0.2, 0.25) is 11.8 Å². The van der Waals surface area contributed by atoms with Gasteiger partial charge in [0, 0.05) is 50.2 Å². The van der Waals surface area contributed by atoms with Crippen LogP contribution in [0.2, 0.25) is 0 Å². The van der Waals surface area contributed by atoms with E-state index in [1.165, 1.54) is 11.1 Å². The van der Waals surface area contributed by atoms with E-state index >= 15 is 0 Å². The number of aryl methyl sites for hydroxylation is 1. The maximum Gasteiger partial charge on any atom is 0.230 e. The number of nitrogens with zero attached hydrogens (tertiary/aromatic N) is 3. The number of anilines is 1. The van der Waals surface area contributed by atoms with Crippen molar-refractivity contribution in [2.24, 2.45) is 0 Å². The zero-order chi connectivity index (χ0) is 22.4. The second kappa shape index (κ2) is 8.32. The largest absolute Gasteiger partial charge is 0.372 e. The fourth-order valence-corrected chi connectivity index (χ4v) is 5.36. The monoisotopic (exact) mass is 433 g/mol. The lowest BCUT2D eigenvalue weighted by Crippen LogP contribution is -2.56. The summed E-state index contributed by atoms with van der Waals surface area (Å²) in [5.41, 5.74) is 6.76. The van der Waals surface area contributed by atoms with E-state index in [0.717, 1.165) is 48.1 Å². The second-order valence-corrected chi connectivity index (χ2v) is 9.55. The predicted octanol–water partition coefficient (Wildman–Crippen LogP) is 3.71. The van der Waals surface area contributed by atoms with Crippen LogP contribution in [-0.4, -0.2) is 54.0 Å². The van der Waals surface area contributed by atoms with E-state index in [4.69, 9.17) is 4.74 Å². The number of carbonyl (C=O) groups excluding carboxylic acids is 2. The average molecular weight is 434 g/mol. The lowest BCUT2D eigenvalue weighted by molar-refractivity contribution is -0.150. The first-order valence-corrected chi connectivity index (χ1v) is 11.7. The highest BCUT2D eigenvalue weighted by molar-refractivity contribution is 5.96. The van der Waals surface area contributed by atoms with Crippen molar-refractivity contribution in [3.05, 3.63) is 47.3 Å². The van der Waals surface area contributed by atoms with Crippen molar-refractivity contribution in [3.63, 3.8) is 0 Å². The first kappa shape index (κ1) is 21.1. The number of fused-ring (bicyclic) bond motifs is 2. The first-order valence-electron chi connectivity index (χ1n) is 11.7. The number of amides is 2. The molecule has 1 saturated heterocycles. The van der Waals surface area contributed by atoms with Gasteiger partial charge in [-0.05, 0) is 73.9 Å². The third-order valence-corrected chi connectivity index (χ3v) is 7.04. The molecule has 2 aliphatic heterocycles. The number of pyridine rings is 1. The zero-order valence-electron chi connectivity index (χ0n) is 19.1. The Morgan fingerprint density at radius 3 is 2.75 bits per heavy atom. The van der Waals surface area contributed by atoms with E-state index < -0.39 is 0 Å². The highest BCUT2D eigenvalue weighted by atomic mass is 16.5. The molecule has 0 saturated carbocycles. The van der Waals surface area contributed by atoms with Gasteiger partial charge < -0.3 is 14.5 Å². The Morgan fingerprint density at radius 2 is 1.97 bits per heavy atom. The standard InChI is InChI=1S/C26H31N3O3/c1-16(2)32-19-14-29(15-19)26(31)21-6-4-5-20-22(12-27-13-23(20)21)17-7-9-24-18(11-17)8-10-25(30)28(24)3/h7,9,11-13,16,19,21H,4-6,8,10,14-15H2,1-3H3. The van der Waals surface area contributed by atoms with Gasteiger partial charge in [0.1, 0.15) is 0 Å². The van der Waals surface area contributed by atoms with Crippen LogP contribution in [0.4, 0.5) is 5.69 Å². The van der Waals surface area contributed by atoms with Crippen molar-refractivity contribution >= 4 is 17.5 Å². The van der Waals surface area contributed by atoms with Gasteiger partial charge in [0.25, 0.3) is 0 Å². The van der Waals surface area contributed by atoms with Gasteiger partial charge in [-0.15, -0.1) is 0 Å². The minimum atomic E-state index is -0.118. The van der Waals surface area contributed by atoms with Gasteiger partial charge in [0.05, 0.1) is 18.1 Å². The molecule has 6 heteroatoms. The molecule has 2 amide bonds. The van der Waals surface area contributed by atoms with E-state index in [1.807, 2.05) is 44.3 Å². The molecule has 1 fully saturated rings. The lowest BCUT2D eigenvalue weighted by atomic mass is 9.79. The summed E-state index contributed by atoms with van der Waals surface area (Å²) in [4.78, 5) is 33.5. The first-order chi connectivity index (χ1) is 15.4. The van der Waals surface area contributed by atoms with Crippen molar-refractivity contribution in [1.82, 2.24) is 9.88 Å². The SMILES string of the molecule is CC(C)OC1CN(C(=O)C2CCCc3c(-c4ccc5c(c4)CCC(=O)N5C)cncc32)C1. The van der Waals surface area contributed by atoms with Crippen LogP contribution in [0.15, 0.2) is 30.6 Å². The molecule has 1 unspecified atom stereocenters. The Balaban J connectivity index is 1.41. The van der Waals surface area contributed by atoms with Crippen LogP contribution < -0.4 is 4.90 Å². The van der Waals surface area contributed by atoms with E-state index in [2.05, 4.69) is 17.1 Å². The van der Waals surface area contributed by atoms with Gasteiger partial charge >= 0.3 is 0 Å². The van der Waals surface area contributed by atoms with Gasteiger partial charge in [-0.2, -0.15) is 0 Å². The third kappa shape index (κ3) is 3.71. The Bertz CT molecular complexity index is 1060. The van der Waals surface area contributed by atoms with Crippen LogP contribution in [0.3, 0.4) is 0 Å². The molecule has 0 bridgehead atoms. The predicted molar refractivity (Wildman–Crippen MR) is 124 cm³/mol. The summed E-state index contributed by atoms with van der Waals surface area (Å²) in [6.45, 7) is 5.44. The molecule has 0 spiro atoms. The Morgan fingerprint density at radius 1 is 1.16 bits per heavy atom. The van der Waals surface area contributed by atoms with E-state index in [1.54, 1.807) is 4.90 Å². The molecule has 1 aromatic carbocycles. The summed E-state index contributed by atoms with van der Waals surface area (Å²) in [7, 11) is 1.84. The van der Waals surface area contributed by atoms with E-state index in [9.17, 15) is 9.59 Å². The summed E-state index contributed by atoms with van der Waals surface area (Å²) in [5.74, 6) is 0.254. The van der Waals surface area contributed by atoms with Crippen LogP contribution in [-0.2, 0) is 27.2 Å².